The van der Waals surface area contributed by atoms with Crippen LogP contribution in [0, 0.1) is 0 Å². The number of aryl methyl sites for hydroxylation is 1. The number of hydrogen-bond donors (Lipinski definition) is 2. The van der Waals surface area contributed by atoms with Gasteiger partial charge in [-0.15, -0.1) is 0 Å². The van der Waals surface area contributed by atoms with Gasteiger partial charge in [0.1, 0.15) is 5.75 Å². The third-order valence-corrected chi connectivity index (χ3v) is 4.24. The van der Waals surface area contributed by atoms with Crippen LogP contribution in [0.2, 0.25) is 0 Å². The zero-order chi connectivity index (χ0) is 20.5. The molecule has 0 radical (unpaired) electrons. The molecule has 0 saturated carbocycles. The maximum atomic E-state index is 12.4. The zero-order valence-corrected chi connectivity index (χ0v) is 16.2. The van der Waals surface area contributed by atoms with Crippen LogP contribution in [-0.2, 0) is 16.0 Å². The lowest BCUT2D eigenvalue weighted by molar-refractivity contribution is -0.137. The Labute approximate surface area is 164 Å². The van der Waals surface area contributed by atoms with Crippen LogP contribution in [0.4, 0.5) is 0 Å². The summed E-state index contributed by atoms with van der Waals surface area (Å²) in [5, 5.41) is 11.9. The van der Waals surface area contributed by atoms with Crippen molar-refractivity contribution in [1.82, 2.24) is 5.32 Å². The number of amides is 1. The molecule has 0 heterocycles. The van der Waals surface area contributed by atoms with E-state index in [0.29, 0.717) is 22.8 Å². The van der Waals surface area contributed by atoms with Crippen molar-refractivity contribution in [3.63, 3.8) is 0 Å². The number of para-hydroxylation sites is 1. The van der Waals surface area contributed by atoms with E-state index in [1.165, 1.54) is 14.2 Å². The van der Waals surface area contributed by atoms with Crippen LogP contribution in [-0.4, -0.2) is 37.8 Å². The molecule has 0 aliphatic carbocycles. The summed E-state index contributed by atoms with van der Waals surface area (Å²) in [6.07, 6.45) is 0.512. The predicted molar refractivity (Wildman–Crippen MR) is 104 cm³/mol. The normalized spacial score (nSPS) is 11.4. The molecule has 0 fully saturated rings. The van der Waals surface area contributed by atoms with Crippen molar-refractivity contribution in [3.05, 3.63) is 53.6 Å². The summed E-state index contributed by atoms with van der Waals surface area (Å²) < 4.78 is 16.1. The second-order valence-electron chi connectivity index (χ2n) is 6.08. The van der Waals surface area contributed by atoms with E-state index in [4.69, 9.17) is 14.2 Å². The first-order valence-corrected chi connectivity index (χ1v) is 8.92. The molecule has 28 heavy (non-hydrogen) atoms. The highest BCUT2D eigenvalue weighted by atomic mass is 16.5. The second-order valence-corrected chi connectivity index (χ2v) is 6.08. The van der Waals surface area contributed by atoms with Gasteiger partial charge in [-0.25, -0.2) is 0 Å². The smallest absolute Gasteiger partial charge is 0.305 e. The Hall–Kier alpha value is -3.22. The van der Waals surface area contributed by atoms with Crippen LogP contribution in [0.15, 0.2) is 42.5 Å². The maximum Gasteiger partial charge on any atom is 0.305 e. The van der Waals surface area contributed by atoms with E-state index in [1.807, 2.05) is 25.1 Å². The predicted octanol–water partition coefficient (Wildman–Crippen LogP) is 2.98. The van der Waals surface area contributed by atoms with Crippen molar-refractivity contribution in [2.75, 3.05) is 20.8 Å². The van der Waals surface area contributed by atoms with Crippen molar-refractivity contribution in [3.8, 4) is 17.2 Å². The van der Waals surface area contributed by atoms with Gasteiger partial charge in [0.15, 0.2) is 18.1 Å². The minimum absolute atomic E-state index is 0.208. The Kier molecular flexibility index (Phi) is 7.68. The molecule has 0 spiro atoms. The fourth-order valence-electron chi connectivity index (χ4n) is 2.81. The maximum absolute atomic E-state index is 12.4. The van der Waals surface area contributed by atoms with Crippen molar-refractivity contribution >= 4 is 11.9 Å². The number of ether oxygens (including phenoxy) is 3. The molecule has 2 N–H and O–H groups in total. The SMILES string of the molecule is CCc1ccccc1OCC(=O)NC(CC(=O)O)c1ccc(OC)c(OC)c1. The third kappa shape index (κ3) is 5.64. The number of aliphatic carboxylic acids is 1. The minimum Gasteiger partial charge on any atom is -0.493 e. The van der Waals surface area contributed by atoms with Crippen LogP contribution in [0.25, 0.3) is 0 Å². The van der Waals surface area contributed by atoms with Gasteiger partial charge in [-0.2, -0.15) is 0 Å². The molecule has 1 amide bonds. The van der Waals surface area contributed by atoms with Gasteiger partial charge >= 0.3 is 5.97 Å². The monoisotopic (exact) mass is 387 g/mol. The van der Waals surface area contributed by atoms with Crippen molar-refractivity contribution in [1.29, 1.82) is 0 Å². The molecule has 1 unspecified atom stereocenters. The van der Waals surface area contributed by atoms with Crippen LogP contribution in [0.1, 0.15) is 30.5 Å². The van der Waals surface area contributed by atoms with Gasteiger partial charge in [0, 0.05) is 0 Å². The molecule has 0 aliphatic rings. The number of hydrogen-bond acceptors (Lipinski definition) is 5. The number of methoxy groups -OCH3 is 2. The number of rotatable bonds is 10. The van der Waals surface area contributed by atoms with Gasteiger partial charge < -0.3 is 24.6 Å². The molecule has 2 aromatic rings. The van der Waals surface area contributed by atoms with E-state index in [-0.39, 0.29) is 13.0 Å². The average Bonchev–Trinajstić information content (AvgIpc) is 2.71. The van der Waals surface area contributed by atoms with Gasteiger partial charge in [-0.1, -0.05) is 31.2 Å². The van der Waals surface area contributed by atoms with Crippen LogP contribution < -0.4 is 19.5 Å². The first-order valence-electron chi connectivity index (χ1n) is 8.92. The van der Waals surface area contributed by atoms with E-state index >= 15 is 0 Å². The van der Waals surface area contributed by atoms with Crippen molar-refractivity contribution in [2.24, 2.45) is 0 Å². The highest BCUT2D eigenvalue weighted by Crippen LogP contribution is 2.31. The molecule has 7 heteroatoms. The molecular formula is C21H25NO6. The average molecular weight is 387 g/mol. The van der Waals surface area contributed by atoms with E-state index in [0.717, 1.165) is 12.0 Å². The Morgan fingerprint density at radius 2 is 1.75 bits per heavy atom. The summed E-state index contributed by atoms with van der Waals surface area (Å²) in [5.74, 6) is 0.175. The first kappa shape index (κ1) is 21.1. The summed E-state index contributed by atoms with van der Waals surface area (Å²) in [6, 6.07) is 11.8. The lowest BCUT2D eigenvalue weighted by atomic mass is 10.0. The number of carbonyl (C=O) groups is 2. The lowest BCUT2D eigenvalue weighted by Gasteiger charge is -2.19. The molecule has 2 aromatic carbocycles. The molecule has 0 aromatic heterocycles. The van der Waals surface area contributed by atoms with Gasteiger partial charge in [0.05, 0.1) is 26.7 Å². The van der Waals surface area contributed by atoms with Crippen LogP contribution in [0.5, 0.6) is 17.2 Å². The number of benzene rings is 2. The summed E-state index contributed by atoms with van der Waals surface area (Å²) in [6.45, 7) is 1.79. The fourth-order valence-corrected chi connectivity index (χ4v) is 2.81. The Balaban J connectivity index is 2.11. The standard InChI is InChI=1S/C21H25NO6/c1-4-14-7-5-6-8-17(14)28-13-20(23)22-16(12-21(24)25)15-9-10-18(26-2)19(11-15)27-3/h5-11,16H,4,12-13H2,1-3H3,(H,22,23)(H,24,25). The summed E-state index contributed by atoms with van der Waals surface area (Å²) in [7, 11) is 3.00. The summed E-state index contributed by atoms with van der Waals surface area (Å²) in [4.78, 5) is 23.6. The quantitative estimate of drug-likeness (QED) is 0.651. The lowest BCUT2D eigenvalue weighted by Crippen LogP contribution is -2.34. The zero-order valence-electron chi connectivity index (χ0n) is 16.2. The highest BCUT2D eigenvalue weighted by molar-refractivity contribution is 5.79. The van der Waals surface area contributed by atoms with E-state index in [2.05, 4.69) is 5.32 Å². The molecule has 0 aliphatic heterocycles. The highest BCUT2D eigenvalue weighted by Gasteiger charge is 2.20. The van der Waals surface area contributed by atoms with E-state index in [1.54, 1.807) is 24.3 Å². The van der Waals surface area contributed by atoms with Gasteiger partial charge in [0.2, 0.25) is 0 Å². The largest absolute Gasteiger partial charge is 0.493 e. The van der Waals surface area contributed by atoms with Crippen LogP contribution >= 0.6 is 0 Å². The molecule has 150 valence electrons. The Morgan fingerprint density at radius 3 is 2.39 bits per heavy atom. The number of carboxylic acid groups (broad SMARTS) is 1. The van der Waals surface area contributed by atoms with Gasteiger partial charge in [-0.3, -0.25) is 9.59 Å². The summed E-state index contributed by atoms with van der Waals surface area (Å²) >= 11 is 0. The molecule has 2 rings (SSSR count). The number of carboxylic acids is 1. The molecule has 0 saturated heterocycles. The fraction of sp³-hybridized carbons (Fsp3) is 0.333. The second kappa shape index (κ2) is 10.2. The minimum atomic E-state index is -1.03. The number of nitrogens with one attached hydrogen (secondary N) is 1. The van der Waals surface area contributed by atoms with Crippen molar-refractivity contribution < 1.29 is 28.9 Å². The third-order valence-electron chi connectivity index (χ3n) is 4.24. The molecule has 1 atom stereocenters. The van der Waals surface area contributed by atoms with Gasteiger partial charge in [-0.05, 0) is 35.7 Å². The van der Waals surface area contributed by atoms with E-state index in [9.17, 15) is 14.7 Å². The van der Waals surface area contributed by atoms with E-state index < -0.39 is 17.9 Å². The van der Waals surface area contributed by atoms with Gasteiger partial charge in [0.25, 0.3) is 5.91 Å². The first-order chi connectivity index (χ1) is 13.5. The number of carbonyl (C=O) groups excluding carboxylic acids is 1. The molecule has 7 nitrogen and oxygen atoms in total. The molecule has 0 bridgehead atoms. The molecular weight excluding hydrogens is 362 g/mol. The van der Waals surface area contributed by atoms with Crippen LogP contribution in [0.3, 0.4) is 0 Å². The Morgan fingerprint density at radius 1 is 1.04 bits per heavy atom. The topological polar surface area (TPSA) is 94.1 Å². The summed E-state index contributed by atoms with van der Waals surface area (Å²) in [5.41, 5.74) is 1.60. The Bertz CT molecular complexity index is 820. The van der Waals surface area contributed by atoms with Crippen molar-refractivity contribution in [2.45, 2.75) is 25.8 Å².